The Bertz CT molecular complexity index is 1300. The molecule has 0 radical (unpaired) electrons. The van der Waals surface area contributed by atoms with E-state index in [4.69, 9.17) is 12.2 Å². The van der Waals surface area contributed by atoms with Crippen LogP contribution in [0.2, 0.25) is 0 Å². The predicted molar refractivity (Wildman–Crippen MR) is 157 cm³/mol. The molecule has 0 atom stereocenters. The molecular weight excluding hydrogens is 492 g/mol. The molecule has 38 heavy (non-hydrogen) atoms. The summed E-state index contributed by atoms with van der Waals surface area (Å²) in [6, 6.07) is 16.8. The molecule has 3 heterocycles. The number of likely N-dealkylation sites (N-methyl/N-ethyl adjacent to an activating group) is 2. The van der Waals surface area contributed by atoms with Gasteiger partial charge in [-0.05, 0) is 92.7 Å². The van der Waals surface area contributed by atoms with Crippen molar-refractivity contribution in [3.05, 3.63) is 94.4 Å². The van der Waals surface area contributed by atoms with Crippen LogP contribution in [-0.2, 0) is 22.4 Å². The fraction of sp³-hybridized carbons (Fsp3) is 0.323. The first-order valence-corrected chi connectivity index (χ1v) is 13.7. The average Bonchev–Trinajstić information content (AvgIpc) is 2.92. The van der Waals surface area contributed by atoms with Crippen molar-refractivity contribution >= 4 is 40.5 Å². The van der Waals surface area contributed by atoms with Gasteiger partial charge in [-0.3, -0.25) is 19.4 Å². The Hall–Kier alpha value is -3.71. The van der Waals surface area contributed by atoms with Crippen LogP contribution in [0.15, 0.2) is 83.2 Å². The fourth-order valence-corrected chi connectivity index (χ4v) is 6.06. The van der Waals surface area contributed by atoms with E-state index in [1.807, 2.05) is 38.1 Å². The lowest BCUT2D eigenvalue weighted by atomic mass is 9.94. The van der Waals surface area contributed by atoms with E-state index in [2.05, 4.69) is 60.3 Å². The third-order valence-corrected chi connectivity index (χ3v) is 8.25. The normalized spacial score (nSPS) is 19.9. The minimum Gasteiger partial charge on any atom is -0.348 e. The molecule has 0 aromatic heterocycles. The van der Waals surface area contributed by atoms with Crippen molar-refractivity contribution in [1.82, 2.24) is 9.80 Å². The second-order valence-corrected chi connectivity index (χ2v) is 10.2. The molecule has 3 aliphatic rings. The highest BCUT2D eigenvalue weighted by Crippen LogP contribution is 2.35. The third-order valence-electron chi connectivity index (χ3n) is 7.81. The van der Waals surface area contributed by atoms with Crippen LogP contribution in [0, 0.1) is 0 Å². The van der Waals surface area contributed by atoms with Gasteiger partial charge in [-0.25, -0.2) is 0 Å². The number of nitrogens with zero attached hydrogens (tertiary/aromatic N) is 4. The molecule has 0 spiro atoms. The average molecular weight is 527 g/mol. The number of carbonyl (C=O) groups excluding carboxylic acids is 2. The van der Waals surface area contributed by atoms with Gasteiger partial charge in [-0.15, -0.1) is 0 Å². The summed E-state index contributed by atoms with van der Waals surface area (Å²) in [6.07, 6.45) is 7.54. The van der Waals surface area contributed by atoms with E-state index in [9.17, 15) is 9.59 Å². The third kappa shape index (κ3) is 4.45. The van der Waals surface area contributed by atoms with Crippen molar-refractivity contribution in [2.45, 2.75) is 39.5 Å². The molecule has 1 saturated heterocycles. The molecule has 1 fully saturated rings. The van der Waals surface area contributed by atoms with Crippen LogP contribution in [0.4, 0.5) is 11.4 Å². The number of rotatable bonds is 4. The summed E-state index contributed by atoms with van der Waals surface area (Å²) in [5.41, 5.74) is 7.87. The van der Waals surface area contributed by atoms with E-state index in [1.54, 1.807) is 0 Å². The van der Waals surface area contributed by atoms with Crippen LogP contribution in [0.5, 0.6) is 0 Å². The molecule has 7 heteroatoms. The van der Waals surface area contributed by atoms with Gasteiger partial charge in [0.25, 0.3) is 11.8 Å². The smallest absolute Gasteiger partial charge is 0.266 e. The lowest BCUT2D eigenvalue weighted by Crippen LogP contribution is -2.56. The predicted octanol–water partition coefficient (Wildman–Crippen LogP) is 5.21. The molecule has 6 nitrogen and oxygen atoms in total. The van der Waals surface area contributed by atoms with Crippen LogP contribution in [0.3, 0.4) is 0 Å². The first-order chi connectivity index (χ1) is 18.3. The van der Waals surface area contributed by atoms with E-state index in [-0.39, 0.29) is 22.5 Å². The van der Waals surface area contributed by atoms with Crippen LogP contribution in [-0.4, -0.2) is 53.9 Å². The maximum Gasteiger partial charge on any atom is 0.266 e. The van der Waals surface area contributed by atoms with Gasteiger partial charge >= 0.3 is 0 Å². The maximum atomic E-state index is 13.8. The molecule has 0 N–H and O–H groups in total. The Balaban J connectivity index is 1.68. The van der Waals surface area contributed by atoms with Crippen LogP contribution >= 0.6 is 12.2 Å². The van der Waals surface area contributed by atoms with E-state index in [0.717, 1.165) is 48.5 Å². The van der Waals surface area contributed by atoms with E-state index in [0.29, 0.717) is 18.7 Å². The molecule has 2 amide bonds. The number of amides is 2. The van der Waals surface area contributed by atoms with Crippen LogP contribution in [0.1, 0.15) is 37.8 Å². The highest BCUT2D eigenvalue weighted by molar-refractivity contribution is 7.80. The highest BCUT2D eigenvalue weighted by Gasteiger charge is 2.39. The highest BCUT2D eigenvalue weighted by atomic mass is 32.1. The zero-order valence-corrected chi connectivity index (χ0v) is 23.3. The Labute approximate surface area is 230 Å². The van der Waals surface area contributed by atoms with Crippen LogP contribution in [0.25, 0.3) is 0 Å². The molecule has 2 aromatic carbocycles. The Morgan fingerprint density at radius 1 is 0.737 bits per heavy atom. The van der Waals surface area contributed by atoms with E-state index < -0.39 is 0 Å². The molecule has 0 bridgehead atoms. The number of hydrogen-bond acceptors (Lipinski definition) is 5. The summed E-state index contributed by atoms with van der Waals surface area (Å²) < 4.78 is 0. The van der Waals surface area contributed by atoms with Crippen molar-refractivity contribution in [2.24, 2.45) is 0 Å². The summed E-state index contributed by atoms with van der Waals surface area (Å²) in [7, 11) is 4.11. The van der Waals surface area contributed by atoms with Crippen molar-refractivity contribution in [2.75, 3.05) is 37.0 Å². The van der Waals surface area contributed by atoms with Gasteiger partial charge in [0.15, 0.2) is 5.11 Å². The van der Waals surface area contributed by atoms with Crippen LogP contribution < -0.4 is 9.80 Å². The molecule has 5 rings (SSSR count). The topological polar surface area (TPSA) is 47.1 Å². The van der Waals surface area contributed by atoms with Gasteiger partial charge in [-0.2, -0.15) is 0 Å². The number of para-hydroxylation sites is 2. The van der Waals surface area contributed by atoms with Gasteiger partial charge in [0.2, 0.25) is 0 Å². The van der Waals surface area contributed by atoms with Gasteiger partial charge in [-0.1, -0.05) is 36.4 Å². The lowest BCUT2D eigenvalue weighted by Gasteiger charge is -2.36. The number of thiocarbonyl (C=S) groups is 1. The molecular formula is C31H34N4O2S. The van der Waals surface area contributed by atoms with E-state index in [1.165, 1.54) is 20.9 Å². The second kappa shape index (κ2) is 10.6. The molecule has 196 valence electrons. The minimum atomic E-state index is -0.325. The van der Waals surface area contributed by atoms with Gasteiger partial charge in [0, 0.05) is 50.0 Å². The number of allylic oxidation sites excluding steroid dienone is 5. The summed E-state index contributed by atoms with van der Waals surface area (Å²) in [5, 5.41) is 0.279. The Morgan fingerprint density at radius 3 is 1.58 bits per heavy atom. The zero-order valence-electron chi connectivity index (χ0n) is 22.5. The minimum absolute atomic E-state index is 0.182. The number of aryl methyl sites for hydroxylation is 2. The molecule has 0 aliphatic carbocycles. The maximum absolute atomic E-state index is 13.8. The van der Waals surface area contributed by atoms with E-state index >= 15 is 0 Å². The van der Waals surface area contributed by atoms with Crippen molar-refractivity contribution in [1.29, 1.82) is 0 Å². The number of anilines is 2. The Morgan fingerprint density at radius 2 is 1.16 bits per heavy atom. The summed E-state index contributed by atoms with van der Waals surface area (Å²) >= 11 is 5.53. The summed E-state index contributed by atoms with van der Waals surface area (Å²) in [6.45, 7) is 4.59. The molecule has 0 unspecified atom stereocenters. The fourth-order valence-electron chi connectivity index (χ4n) is 5.64. The molecule has 3 aliphatic heterocycles. The van der Waals surface area contributed by atoms with Gasteiger partial charge < -0.3 is 9.80 Å². The van der Waals surface area contributed by atoms with Gasteiger partial charge in [0.05, 0.1) is 0 Å². The number of benzene rings is 2. The summed E-state index contributed by atoms with van der Waals surface area (Å²) in [5.74, 6) is -0.651. The molecule has 0 saturated carbocycles. The lowest BCUT2D eigenvalue weighted by molar-refractivity contribution is -0.133. The van der Waals surface area contributed by atoms with Crippen molar-refractivity contribution < 1.29 is 9.59 Å². The number of carbonyl (C=O) groups is 2. The first-order valence-electron chi connectivity index (χ1n) is 13.3. The van der Waals surface area contributed by atoms with Crippen molar-refractivity contribution in [3.8, 4) is 0 Å². The molecule has 2 aromatic rings. The largest absolute Gasteiger partial charge is 0.348 e. The number of hydrogen-bond donors (Lipinski definition) is 0. The quantitative estimate of drug-likeness (QED) is 0.311. The van der Waals surface area contributed by atoms with Gasteiger partial charge in [0.1, 0.15) is 5.57 Å². The Kier molecular flexibility index (Phi) is 7.21. The zero-order chi connectivity index (χ0) is 27.0. The summed E-state index contributed by atoms with van der Waals surface area (Å²) in [4.78, 5) is 35.0. The number of fused-ring (bicyclic) bond motifs is 2. The monoisotopic (exact) mass is 526 g/mol. The SMILES string of the molecule is CCN1C(=O)C(=C(/C=C2\CCc3ccccc3N2C)/C=C2\CCc3ccccc3N2C)C(=O)N(CC)C1=S. The second-order valence-electron chi connectivity index (χ2n) is 9.86. The van der Waals surface area contributed by atoms with Crippen molar-refractivity contribution in [3.63, 3.8) is 0 Å². The first kappa shape index (κ1) is 25.9. The standard InChI is InChI=1S/C31H34N4O2S/c1-5-34-29(36)28(30(37)35(6-2)31(34)38)23(19-24-17-15-21-11-7-9-13-26(21)32(24)3)20-25-18-16-22-12-8-10-14-27(22)33(25)4/h7-14,19-20H,5-6,15-18H2,1-4H3/b24-19+,25-20+.